The normalized spacial score (nSPS) is 12.1. The van der Waals surface area contributed by atoms with Crippen LogP contribution < -0.4 is 10.0 Å². The maximum atomic E-state index is 12.2. The maximum Gasteiger partial charge on any atom is 0.338 e. The number of esters is 1. The highest BCUT2D eigenvalue weighted by Crippen LogP contribution is 2.15. The second kappa shape index (κ2) is 9.63. The number of halogens is 1. The van der Waals surface area contributed by atoms with E-state index in [-0.39, 0.29) is 17.0 Å². The van der Waals surface area contributed by atoms with E-state index in [2.05, 4.69) is 32.5 Å². The topological polar surface area (TPSA) is 102 Å². The molecule has 9 heteroatoms. The molecule has 7 nitrogen and oxygen atoms in total. The summed E-state index contributed by atoms with van der Waals surface area (Å²) in [7, 11) is -3.68. The highest BCUT2D eigenvalue weighted by molar-refractivity contribution is 9.10. The van der Waals surface area contributed by atoms with Crippen LogP contribution in [0.25, 0.3) is 0 Å². The maximum absolute atomic E-state index is 12.2. The smallest absolute Gasteiger partial charge is 0.338 e. The van der Waals surface area contributed by atoms with E-state index < -0.39 is 28.0 Å². The number of hydrogen-bond acceptors (Lipinski definition) is 5. The molecule has 2 rings (SSSR count). The molecule has 1 amide bonds. The van der Waals surface area contributed by atoms with Gasteiger partial charge in [0.15, 0.2) is 6.10 Å². The van der Waals surface area contributed by atoms with Crippen LogP contribution in [0.3, 0.4) is 0 Å². The lowest BCUT2D eigenvalue weighted by atomic mass is 10.2. The average molecular weight is 467 g/mol. The molecule has 148 valence electrons. The number of anilines is 1. The second-order valence-electron chi connectivity index (χ2n) is 5.71. The molecular formula is C19H19BrN2O5S. The van der Waals surface area contributed by atoms with Crippen LogP contribution in [0.1, 0.15) is 17.3 Å². The van der Waals surface area contributed by atoms with Crippen molar-refractivity contribution in [1.29, 1.82) is 0 Å². The summed E-state index contributed by atoms with van der Waals surface area (Å²) in [6.07, 6.45) is 0.387. The molecule has 1 atom stereocenters. The Hall–Kier alpha value is -2.49. The molecular weight excluding hydrogens is 448 g/mol. The van der Waals surface area contributed by atoms with Crippen molar-refractivity contribution in [3.8, 4) is 0 Å². The minimum absolute atomic E-state index is 0.00642. The van der Waals surface area contributed by atoms with Gasteiger partial charge in [0, 0.05) is 16.7 Å². The van der Waals surface area contributed by atoms with Crippen molar-refractivity contribution in [2.24, 2.45) is 0 Å². The first-order valence-corrected chi connectivity index (χ1v) is 10.5. The van der Waals surface area contributed by atoms with Crippen LogP contribution in [0, 0.1) is 0 Å². The van der Waals surface area contributed by atoms with Gasteiger partial charge in [0.05, 0.1) is 10.5 Å². The van der Waals surface area contributed by atoms with Gasteiger partial charge in [-0.2, -0.15) is 0 Å². The Morgan fingerprint density at radius 1 is 1.14 bits per heavy atom. The van der Waals surface area contributed by atoms with Crippen molar-refractivity contribution in [2.45, 2.75) is 17.9 Å². The molecule has 0 fully saturated rings. The molecule has 1 unspecified atom stereocenters. The zero-order chi connectivity index (χ0) is 20.7. The lowest BCUT2D eigenvalue weighted by Crippen LogP contribution is -2.30. The first kappa shape index (κ1) is 21.8. The third-order valence-electron chi connectivity index (χ3n) is 3.58. The highest BCUT2D eigenvalue weighted by Gasteiger charge is 2.20. The number of sulfonamides is 1. The molecule has 0 saturated heterocycles. The minimum Gasteiger partial charge on any atom is -0.449 e. The van der Waals surface area contributed by atoms with Gasteiger partial charge in [-0.25, -0.2) is 17.9 Å². The number of carbonyl (C=O) groups excluding carboxylic acids is 2. The van der Waals surface area contributed by atoms with Crippen molar-refractivity contribution in [3.63, 3.8) is 0 Å². The fraction of sp³-hybridized carbons (Fsp3) is 0.158. The SMILES string of the molecule is C=CCNS(=O)(=O)c1ccc(C(=O)OC(C)C(=O)Nc2ccc(Br)cc2)cc1. The van der Waals surface area contributed by atoms with Gasteiger partial charge >= 0.3 is 5.97 Å². The molecule has 0 radical (unpaired) electrons. The molecule has 0 saturated carbocycles. The van der Waals surface area contributed by atoms with E-state index in [1.54, 1.807) is 24.3 Å². The van der Waals surface area contributed by atoms with Gasteiger partial charge in [0.1, 0.15) is 0 Å². The van der Waals surface area contributed by atoms with Crippen LogP contribution in [0.4, 0.5) is 5.69 Å². The van der Waals surface area contributed by atoms with Gasteiger partial charge in [0.25, 0.3) is 5.91 Å². The third-order valence-corrected chi connectivity index (χ3v) is 5.55. The lowest BCUT2D eigenvalue weighted by Gasteiger charge is -2.14. The average Bonchev–Trinajstić information content (AvgIpc) is 2.68. The fourth-order valence-electron chi connectivity index (χ4n) is 2.08. The predicted molar refractivity (Wildman–Crippen MR) is 109 cm³/mol. The molecule has 0 heterocycles. The van der Waals surface area contributed by atoms with E-state index >= 15 is 0 Å². The van der Waals surface area contributed by atoms with Crippen molar-refractivity contribution < 1.29 is 22.7 Å². The molecule has 0 spiro atoms. The highest BCUT2D eigenvalue weighted by atomic mass is 79.9. The number of ether oxygens (including phenoxy) is 1. The van der Waals surface area contributed by atoms with E-state index in [9.17, 15) is 18.0 Å². The van der Waals surface area contributed by atoms with Crippen LogP contribution >= 0.6 is 15.9 Å². The van der Waals surface area contributed by atoms with Crippen molar-refractivity contribution in [1.82, 2.24) is 4.72 Å². The Bertz CT molecular complexity index is 957. The molecule has 28 heavy (non-hydrogen) atoms. The molecule has 0 aliphatic carbocycles. The van der Waals surface area contributed by atoms with Crippen molar-refractivity contribution in [3.05, 3.63) is 71.2 Å². The summed E-state index contributed by atoms with van der Waals surface area (Å²) in [5.74, 6) is -1.22. The first-order chi connectivity index (χ1) is 13.2. The number of benzene rings is 2. The summed E-state index contributed by atoms with van der Waals surface area (Å²) >= 11 is 3.30. The van der Waals surface area contributed by atoms with Gasteiger partial charge in [-0.15, -0.1) is 6.58 Å². The summed E-state index contributed by atoms with van der Waals surface area (Å²) in [5.41, 5.74) is 0.698. The van der Waals surface area contributed by atoms with Crippen LogP contribution in [0.2, 0.25) is 0 Å². The number of rotatable bonds is 8. The van der Waals surface area contributed by atoms with Gasteiger partial charge in [0.2, 0.25) is 10.0 Å². The zero-order valence-corrected chi connectivity index (χ0v) is 17.4. The van der Waals surface area contributed by atoms with Crippen LogP contribution in [-0.2, 0) is 19.6 Å². The zero-order valence-electron chi connectivity index (χ0n) is 15.0. The van der Waals surface area contributed by atoms with E-state index in [1.807, 2.05) is 0 Å². The molecule has 0 aromatic heterocycles. The summed E-state index contributed by atoms with van der Waals surface area (Å²) < 4.78 is 32.4. The van der Waals surface area contributed by atoms with Gasteiger partial charge in [-0.3, -0.25) is 4.79 Å². The summed E-state index contributed by atoms with van der Waals surface area (Å²) in [5, 5.41) is 2.64. The van der Waals surface area contributed by atoms with Gasteiger partial charge < -0.3 is 10.1 Å². The number of amides is 1. The van der Waals surface area contributed by atoms with E-state index in [0.29, 0.717) is 5.69 Å². The monoisotopic (exact) mass is 466 g/mol. The van der Waals surface area contributed by atoms with Crippen LogP contribution in [0.15, 0.2) is 70.6 Å². The molecule has 2 aromatic carbocycles. The van der Waals surface area contributed by atoms with Crippen LogP contribution in [-0.4, -0.2) is 32.9 Å². The van der Waals surface area contributed by atoms with Crippen molar-refractivity contribution in [2.75, 3.05) is 11.9 Å². The Kier molecular flexibility index (Phi) is 7.50. The molecule has 2 aromatic rings. The Morgan fingerprint density at radius 2 is 1.75 bits per heavy atom. The van der Waals surface area contributed by atoms with Crippen LogP contribution in [0.5, 0.6) is 0 Å². The first-order valence-electron chi connectivity index (χ1n) is 8.21. The van der Waals surface area contributed by atoms with E-state index in [1.165, 1.54) is 37.3 Å². The lowest BCUT2D eigenvalue weighted by molar-refractivity contribution is -0.123. The van der Waals surface area contributed by atoms with Gasteiger partial charge in [-0.05, 0) is 55.5 Å². The minimum atomic E-state index is -3.68. The standard InChI is InChI=1S/C19H19BrN2O5S/c1-3-12-21-28(25,26)17-10-4-14(5-11-17)19(24)27-13(2)18(23)22-16-8-6-15(20)7-9-16/h3-11,13,21H,1,12H2,2H3,(H,22,23). The number of hydrogen-bond donors (Lipinski definition) is 2. The Labute approximate surface area is 172 Å². The Balaban J connectivity index is 1.98. The summed E-state index contributed by atoms with van der Waals surface area (Å²) in [6.45, 7) is 4.99. The number of carbonyl (C=O) groups is 2. The Morgan fingerprint density at radius 3 is 2.32 bits per heavy atom. The quantitative estimate of drug-likeness (QED) is 0.459. The number of nitrogens with one attached hydrogen (secondary N) is 2. The van der Waals surface area contributed by atoms with Crippen molar-refractivity contribution >= 4 is 43.5 Å². The van der Waals surface area contributed by atoms with E-state index in [0.717, 1.165) is 4.47 Å². The molecule has 0 aliphatic rings. The van der Waals surface area contributed by atoms with E-state index in [4.69, 9.17) is 4.74 Å². The third kappa shape index (κ3) is 6.01. The largest absolute Gasteiger partial charge is 0.449 e. The molecule has 0 aliphatic heterocycles. The van der Waals surface area contributed by atoms with Gasteiger partial charge in [-0.1, -0.05) is 22.0 Å². The molecule has 0 bridgehead atoms. The fourth-order valence-corrected chi connectivity index (χ4v) is 3.34. The molecule has 2 N–H and O–H groups in total. The second-order valence-corrected chi connectivity index (χ2v) is 8.39. The predicted octanol–water partition coefficient (Wildman–Crippen LogP) is 3.10. The summed E-state index contributed by atoms with van der Waals surface area (Å²) in [4.78, 5) is 24.4. The summed E-state index contributed by atoms with van der Waals surface area (Å²) in [6, 6.07) is 12.2.